The molecule has 3 amide bonds. The number of hydrogen-bond donors (Lipinski definition) is 2. The van der Waals surface area contributed by atoms with Gasteiger partial charge in [0.15, 0.2) is 0 Å². The number of likely N-dealkylation sites (tertiary alicyclic amines) is 1. The van der Waals surface area contributed by atoms with Crippen molar-refractivity contribution in [2.24, 2.45) is 5.92 Å². The van der Waals surface area contributed by atoms with E-state index in [0.29, 0.717) is 83.5 Å². The third-order valence-corrected chi connectivity index (χ3v) is 7.28. The molecule has 1 saturated heterocycles. The molecule has 2 atom stereocenters. The molecular weight excluding hydrogens is 630 g/mol. The van der Waals surface area contributed by atoms with E-state index in [1.54, 1.807) is 12.1 Å². The van der Waals surface area contributed by atoms with Crippen LogP contribution in [-0.4, -0.2) is 115 Å². The summed E-state index contributed by atoms with van der Waals surface area (Å²) in [7, 11) is 0. The van der Waals surface area contributed by atoms with Crippen LogP contribution in [0.4, 0.5) is 8.78 Å². The third-order valence-electron chi connectivity index (χ3n) is 7.28. The molecule has 1 heterocycles. The Morgan fingerprint density at radius 3 is 1.79 bits per heavy atom. The minimum atomic E-state index is -0.635. The molecule has 0 aromatic heterocycles. The summed E-state index contributed by atoms with van der Waals surface area (Å²) in [5.74, 6) is -2.74. The van der Waals surface area contributed by atoms with Crippen LogP contribution in [0.1, 0.15) is 17.0 Å². The zero-order chi connectivity index (χ0) is 34.4. The zero-order valence-corrected chi connectivity index (χ0v) is 26.7. The van der Waals surface area contributed by atoms with E-state index in [-0.39, 0.29) is 37.7 Å². The van der Waals surface area contributed by atoms with Crippen molar-refractivity contribution in [2.75, 3.05) is 92.2 Å². The highest BCUT2D eigenvalue weighted by atomic mass is 19.1. The molecule has 48 heavy (non-hydrogen) atoms. The molecule has 0 spiro atoms. The summed E-state index contributed by atoms with van der Waals surface area (Å²) >= 11 is 0. The number of nitrogens with zero attached hydrogens (tertiary/aromatic N) is 2. The maximum atomic E-state index is 13.6. The first-order chi connectivity index (χ1) is 23.4. The van der Waals surface area contributed by atoms with Crippen molar-refractivity contribution in [1.29, 1.82) is 5.26 Å². The van der Waals surface area contributed by atoms with Gasteiger partial charge in [0, 0.05) is 32.1 Å². The fraction of sp³-hybridized carbons (Fsp3) is 0.471. The predicted octanol–water partition coefficient (Wildman–Crippen LogP) is 2.06. The van der Waals surface area contributed by atoms with Crippen LogP contribution in [0.5, 0.6) is 0 Å². The topological polar surface area (TPSA) is 148 Å². The lowest BCUT2D eigenvalue weighted by molar-refractivity contribution is -0.127. The van der Waals surface area contributed by atoms with E-state index in [2.05, 4.69) is 10.6 Å². The van der Waals surface area contributed by atoms with Gasteiger partial charge in [-0.1, -0.05) is 24.3 Å². The van der Waals surface area contributed by atoms with Gasteiger partial charge in [-0.25, -0.2) is 8.78 Å². The van der Waals surface area contributed by atoms with Gasteiger partial charge in [-0.3, -0.25) is 14.4 Å². The lowest BCUT2D eigenvalue weighted by atomic mass is 9.88. The molecule has 2 aromatic carbocycles. The van der Waals surface area contributed by atoms with E-state index in [9.17, 15) is 28.4 Å². The number of ether oxygens (including phenoxy) is 5. The molecule has 1 aliphatic rings. The standard InChI is InChI=1S/C34H42F2N4O8/c35-29-5-1-26(2-6-29)21-28(22-37)34(43)40-23-31(27-3-7-30(36)8-4-27)32(24-40)33(42)39-10-12-45-14-16-47-18-20-48-19-17-46-15-13-44-11-9-38-25-41/h1-8,21,25,31-32H,9-20,23-24H2,(H,38,41)(H,39,42)/b28-21+/t31-,32+/m0/s1. The summed E-state index contributed by atoms with van der Waals surface area (Å²) in [6.07, 6.45) is 2.00. The van der Waals surface area contributed by atoms with E-state index in [4.69, 9.17) is 23.7 Å². The Morgan fingerprint density at radius 1 is 0.771 bits per heavy atom. The second kappa shape index (κ2) is 22.3. The number of hydrogen-bond acceptors (Lipinski definition) is 9. The molecule has 0 bridgehead atoms. The lowest BCUT2D eigenvalue weighted by Gasteiger charge is -2.18. The number of nitrogens with one attached hydrogen (secondary N) is 2. The summed E-state index contributed by atoms with van der Waals surface area (Å²) in [6.45, 7) is 4.80. The van der Waals surface area contributed by atoms with E-state index in [0.717, 1.165) is 0 Å². The van der Waals surface area contributed by atoms with Crippen molar-refractivity contribution in [3.05, 3.63) is 76.9 Å². The highest BCUT2D eigenvalue weighted by Gasteiger charge is 2.41. The predicted molar refractivity (Wildman–Crippen MR) is 170 cm³/mol. The van der Waals surface area contributed by atoms with E-state index in [1.165, 1.54) is 47.4 Å². The minimum absolute atomic E-state index is 0.0633. The van der Waals surface area contributed by atoms with Crippen molar-refractivity contribution in [3.63, 3.8) is 0 Å². The minimum Gasteiger partial charge on any atom is -0.377 e. The number of amides is 3. The Bertz CT molecular complexity index is 1340. The summed E-state index contributed by atoms with van der Waals surface area (Å²) in [6, 6.07) is 13.1. The Labute approximate surface area is 278 Å². The number of benzene rings is 2. The Balaban J connectivity index is 1.34. The molecule has 12 nitrogen and oxygen atoms in total. The summed E-state index contributed by atoms with van der Waals surface area (Å²) in [4.78, 5) is 38.1. The molecule has 2 aromatic rings. The molecule has 1 fully saturated rings. The number of carbonyl (C=O) groups excluding carboxylic acids is 3. The molecule has 0 saturated carbocycles. The van der Waals surface area contributed by atoms with Crippen LogP contribution < -0.4 is 10.6 Å². The van der Waals surface area contributed by atoms with Gasteiger partial charge in [0.25, 0.3) is 5.91 Å². The highest BCUT2D eigenvalue weighted by Crippen LogP contribution is 2.34. The Hall–Kier alpha value is -4.26. The molecular formula is C34H42F2N4O8. The largest absolute Gasteiger partial charge is 0.377 e. The molecule has 3 rings (SSSR count). The van der Waals surface area contributed by atoms with Crippen molar-refractivity contribution in [1.82, 2.24) is 15.5 Å². The Morgan fingerprint density at radius 2 is 1.27 bits per heavy atom. The monoisotopic (exact) mass is 672 g/mol. The molecule has 2 N–H and O–H groups in total. The molecule has 0 aliphatic carbocycles. The van der Waals surface area contributed by atoms with Gasteiger partial charge in [0.05, 0.1) is 72.0 Å². The number of nitriles is 1. The van der Waals surface area contributed by atoms with E-state index < -0.39 is 29.4 Å². The molecule has 0 radical (unpaired) electrons. The van der Waals surface area contributed by atoms with Crippen molar-refractivity contribution in [2.45, 2.75) is 5.92 Å². The van der Waals surface area contributed by atoms with Gasteiger partial charge in [-0.2, -0.15) is 5.26 Å². The average Bonchev–Trinajstić information content (AvgIpc) is 3.55. The van der Waals surface area contributed by atoms with E-state index in [1.807, 2.05) is 6.07 Å². The van der Waals surface area contributed by atoms with Crippen LogP contribution in [0.25, 0.3) is 6.08 Å². The second-order valence-electron chi connectivity index (χ2n) is 10.6. The van der Waals surface area contributed by atoms with Gasteiger partial charge in [0.1, 0.15) is 23.3 Å². The zero-order valence-electron chi connectivity index (χ0n) is 26.7. The molecule has 1 aliphatic heterocycles. The maximum Gasteiger partial charge on any atom is 0.264 e. The first kappa shape index (κ1) is 38.2. The number of rotatable bonds is 23. The third kappa shape index (κ3) is 13.8. The number of halogens is 2. The summed E-state index contributed by atoms with van der Waals surface area (Å²) < 4.78 is 54.0. The average molecular weight is 673 g/mol. The van der Waals surface area contributed by atoms with Crippen LogP contribution in [0, 0.1) is 28.9 Å². The molecule has 14 heteroatoms. The van der Waals surface area contributed by atoms with Crippen LogP contribution in [-0.2, 0) is 38.1 Å². The van der Waals surface area contributed by atoms with E-state index >= 15 is 0 Å². The first-order valence-corrected chi connectivity index (χ1v) is 15.7. The van der Waals surface area contributed by atoms with Gasteiger partial charge in [0.2, 0.25) is 12.3 Å². The normalized spacial score (nSPS) is 16.0. The van der Waals surface area contributed by atoms with Gasteiger partial charge >= 0.3 is 0 Å². The quantitative estimate of drug-likeness (QED) is 0.0784. The van der Waals surface area contributed by atoms with Crippen molar-refractivity contribution < 1.29 is 46.8 Å². The van der Waals surface area contributed by atoms with Crippen LogP contribution >= 0.6 is 0 Å². The lowest BCUT2D eigenvalue weighted by Crippen LogP contribution is -2.37. The molecule has 0 unspecified atom stereocenters. The van der Waals surface area contributed by atoms with Gasteiger partial charge in [-0.15, -0.1) is 0 Å². The van der Waals surface area contributed by atoms with Gasteiger partial charge < -0.3 is 39.2 Å². The van der Waals surface area contributed by atoms with Crippen molar-refractivity contribution >= 4 is 24.3 Å². The van der Waals surface area contributed by atoms with Crippen LogP contribution in [0.3, 0.4) is 0 Å². The fourth-order valence-electron chi connectivity index (χ4n) is 4.87. The second-order valence-corrected chi connectivity index (χ2v) is 10.6. The Kier molecular flexibility index (Phi) is 17.8. The van der Waals surface area contributed by atoms with Gasteiger partial charge in [-0.05, 0) is 41.5 Å². The SMILES string of the molecule is N#C/C(=C\c1ccc(F)cc1)C(=O)N1C[C@@H](C(=O)NCCOCCOCCOCCOCCOCCNC=O)[C@H](c2ccc(F)cc2)C1. The molecule has 260 valence electrons. The summed E-state index contributed by atoms with van der Waals surface area (Å²) in [5, 5.41) is 15.0. The van der Waals surface area contributed by atoms with Crippen molar-refractivity contribution in [3.8, 4) is 6.07 Å². The smallest absolute Gasteiger partial charge is 0.264 e. The first-order valence-electron chi connectivity index (χ1n) is 15.7. The van der Waals surface area contributed by atoms with Crippen LogP contribution in [0.15, 0.2) is 54.1 Å². The highest BCUT2D eigenvalue weighted by molar-refractivity contribution is 6.02. The van der Waals surface area contributed by atoms with Crippen LogP contribution in [0.2, 0.25) is 0 Å². The number of carbonyl (C=O) groups is 3. The fourth-order valence-corrected chi connectivity index (χ4v) is 4.87. The maximum absolute atomic E-state index is 13.6. The summed E-state index contributed by atoms with van der Waals surface area (Å²) in [5.41, 5.74) is 1.05.